The maximum atomic E-state index is 12.9. The number of hydrogen-bond acceptors (Lipinski definition) is 7. The first-order chi connectivity index (χ1) is 17.4. The van der Waals surface area contributed by atoms with Gasteiger partial charge in [0, 0.05) is 18.9 Å². The minimum Gasteiger partial charge on any atom is -0.461 e. The minimum atomic E-state index is -1.06. The third-order valence-electron chi connectivity index (χ3n) is 5.28. The van der Waals surface area contributed by atoms with Crippen LogP contribution in [-0.4, -0.2) is 47.2 Å². The Morgan fingerprint density at radius 3 is 1.82 bits per heavy atom. The predicted octanol–water partition coefficient (Wildman–Crippen LogP) is 5.06. The summed E-state index contributed by atoms with van der Waals surface area (Å²) in [5, 5.41) is 5.52. The van der Waals surface area contributed by atoms with Crippen molar-refractivity contribution in [2.24, 2.45) is 5.41 Å². The van der Waals surface area contributed by atoms with Crippen molar-refractivity contribution in [3.63, 3.8) is 0 Å². The molecule has 214 valence electrons. The van der Waals surface area contributed by atoms with Gasteiger partial charge in [-0.2, -0.15) is 0 Å². The van der Waals surface area contributed by atoms with Crippen molar-refractivity contribution in [2.75, 3.05) is 0 Å². The Morgan fingerprint density at radius 2 is 1.29 bits per heavy atom. The summed E-state index contributed by atoms with van der Waals surface area (Å²) in [7, 11) is 0. The van der Waals surface area contributed by atoms with Crippen LogP contribution in [0, 0.1) is 5.41 Å². The number of rotatable bonds is 11. The maximum absolute atomic E-state index is 12.9. The lowest BCUT2D eigenvalue weighted by Crippen LogP contribution is -2.53. The van der Waals surface area contributed by atoms with Gasteiger partial charge in [-0.15, -0.1) is 0 Å². The van der Waals surface area contributed by atoms with Crippen LogP contribution in [0.3, 0.4) is 0 Å². The van der Waals surface area contributed by atoms with Gasteiger partial charge >= 0.3 is 23.9 Å². The van der Waals surface area contributed by atoms with Crippen LogP contribution in [0.2, 0.25) is 0 Å². The van der Waals surface area contributed by atoms with E-state index >= 15 is 0 Å². The number of nitrogens with one attached hydrogen (secondary N) is 2. The molecule has 9 heteroatoms. The molecule has 1 rings (SSSR count). The van der Waals surface area contributed by atoms with Gasteiger partial charge in [-0.1, -0.05) is 51.1 Å². The van der Waals surface area contributed by atoms with Gasteiger partial charge in [0.05, 0.1) is 0 Å². The minimum absolute atomic E-state index is 0.00799. The molecular formula is C29H46N2O7. The Morgan fingerprint density at radius 1 is 0.737 bits per heavy atom. The SMILES string of the molecule is CC(C)(C)OC(=O)CC[C@H](NC(=O)N[C@@H](CCC(=O)OCc1ccccc1)C(=O)OC(C)(C)C)C(C)(C)C. The van der Waals surface area contributed by atoms with Crippen molar-refractivity contribution >= 4 is 23.9 Å². The first kappa shape index (κ1) is 32.9. The molecule has 2 atom stereocenters. The highest BCUT2D eigenvalue weighted by Crippen LogP contribution is 2.24. The molecule has 2 amide bonds. The zero-order valence-electron chi connectivity index (χ0n) is 24.4. The van der Waals surface area contributed by atoms with Gasteiger partial charge in [0.15, 0.2) is 0 Å². The standard InChI is InChI=1S/C29H46N2O7/c1-27(2,3)22(16-18-24(33)37-28(4,5)6)31-26(35)30-21(25(34)38-29(7,8)9)15-17-23(32)36-19-20-13-11-10-12-14-20/h10-14,21-22H,15-19H2,1-9H3,(H2,30,31,35)/t21-,22-/m0/s1. The summed E-state index contributed by atoms with van der Waals surface area (Å²) in [5.41, 5.74) is -0.895. The van der Waals surface area contributed by atoms with Crippen LogP contribution in [0.15, 0.2) is 30.3 Å². The third-order valence-corrected chi connectivity index (χ3v) is 5.28. The Bertz CT molecular complexity index is 925. The Labute approximate surface area is 227 Å². The van der Waals surface area contributed by atoms with Crippen LogP contribution < -0.4 is 10.6 Å². The van der Waals surface area contributed by atoms with Crippen LogP contribution in [-0.2, 0) is 35.2 Å². The number of amides is 2. The van der Waals surface area contributed by atoms with E-state index in [0.717, 1.165) is 5.56 Å². The highest BCUT2D eigenvalue weighted by molar-refractivity contribution is 5.84. The van der Waals surface area contributed by atoms with E-state index in [1.54, 1.807) is 41.5 Å². The van der Waals surface area contributed by atoms with Crippen LogP contribution in [0.4, 0.5) is 4.79 Å². The number of esters is 3. The van der Waals surface area contributed by atoms with E-state index in [1.807, 2.05) is 51.1 Å². The van der Waals surface area contributed by atoms with Crippen molar-refractivity contribution < 1.29 is 33.4 Å². The quantitative estimate of drug-likeness (QED) is 0.301. The summed E-state index contributed by atoms with van der Waals surface area (Å²) < 4.78 is 16.1. The Balaban J connectivity index is 2.81. The molecule has 1 aromatic carbocycles. The van der Waals surface area contributed by atoms with Crippen molar-refractivity contribution in [3.05, 3.63) is 35.9 Å². The zero-order valence-corrected chi connectivity index (χ0v) is 24.4. The average molecular weight is 535 g/mol. The van der Waals surface area contributed by atoms with E-state index in [-0.39, 0.29) is 43.3 Å². The van der Waals surface area contributed by atoms with Crippen LogP contribution >= 0.6 is 0 Å². The van der Waals surface area contributed by atoms with E-state index in [4.69, 9.17) is 14.2 Å². The summed E-state index contributed by atoms with van der Waals surface area (Å²) in [4.78, 5) is 50.3. The van der Waals surface area contributed by atoms with Crippen LogP contribution in [0.25, 0.3) is 0 Å². The number of carbonyl (C=O) groups excluding carboxylic acids is 4. The molecule has 0 aliphatic carbocycles. The van der Waals surface area contributed by atoms with E-state index in [0.29, 0.717) is 6.42 Å². The number of urea groups is 1. The molecule has 0 saturated heterocycles. The van der Waals surface area contributed by atoms with Crippen LogP contribution in [0.1, 0.15) is 93.6 Å². The molecule has 0 radical (unpaired) electrons. The molecule has 0 aliphatic heterocycles. The summed E-state index contributed by atoms with van der Waals surface area (Å²) in [6.07, 6.45) is 0.406. The smallest absolute Gasteiger partial charge is 0.329 e. The lowest BCUT2D eigenvalue weighted by atomic mass is 9.84. The van der Waals surface area contributed by atoms with Crippen molar-refractivity contribution in [1.29, 1.82) is 0 Å². The van der Waals surface area contributed by atoms with E-state index in [2.05, 4.69) is 10.6 Å². The van der Waals surface area contributed by atoms with Gasteiger partial charge in [0.25, 0.3) is 0 Å². The summed E-state index contributed by atoms with van der Waals surface area (Å²) in [6, 6.07) is 7.21. The fourth-order valence-corrected chi connectivity index (χ4v) is 3.43. The Kier molecular flexibility index (Phi) is 12.3. The summed E-state index contributed by atoms with van der Waals surface area (Å²) >= 11 is 0. The molecule has 2 N–H and O–H groups in total. The van der Waals surface area contributed by atoms with E-state index in [1.165, 1.54) is 0 Å². The topological polar surface area (TPSA) is 120 Å². The molecular weight excluding hydrogens is 488 g/mol. The second-order valence-corrected chi connectivity index (χ2v) is 12.4. The first-order valence-electron chi connectivity index (χ1n) is 13.1. The molecule has 0 fully saturated rings. The molecule has 0 spiro atoms. The fraction of sp³-hybridized carbons (Fsp3) is 0.655. The third kappa shape index (κ3) is 14.6. The molecule has 0 bridgehead atoms. The van der Waals surface area contributed by atoms with Gasteiger partial charge in [-0.05, 0) is 65.4 Å². The number of benzene rings is 1. The molecule has 0 unspecified atom stereocenters. The summed E-state index contributed by atoms with van der Waals surface area (Å²) in [5.74, 6) is -1.49. The summed E-state index contributed by atoms with van der Waals surface area (Å²) in [6.45, 7) is 16.5. The van der Waals surface area contributed by atoms with Gasteiger partial charge in [-0.3, -0.25) is 9.59 Å². The monoisotopic (exact) mass is 534 g/mol. The maximum Gasteiger partial charge on any atom is 0.329 e. The van der Waals surface area contributed by atoms with Gasteiger partial charge in [0.2, 0.25) is 0 Å². The zero-order chi connectivity index (χ0) is 29.1. The van der Waals surface area contributed by atoms with E-state index in [9.17, 15) is 19.2 Å². The normalized spacial score (nSPS) is 13.6. The highest BCUT2D eigenvalue weighted by Gasteiger charge is 2.31. The van der Waals surface area contributed by atoms with Crippen molar-refractivity contribution in [2.45, 2.75) is 118 Å². The number of hydrogen-bond donors (Lipinski definition) is 2. The largest absolute Gasteiger partial charge is 0.461 e. The molecule has 0 aliphatic rings. The number of carbonyl (C=O) groups is 4. The molecule has 0 saturated carbocycles. The lowest BCUT2D eigenvalue weighted by Gasteiger charge is -2.32. The molecule has 1 aromatic rings. The van der Waals surface area contributed by atoms with Crippen LogP contribution in [0.5, 0.6) is 0 Å². The van der Waals surface area contributed by atoms with Crippen molar-refractivity contribution in [1.82, 2.24) is 10.6 Å². The van der Waals surface area contributed by atoms with Gasteiger partial charge in [-0.25, -0.2) is 9.59 Å². The second kappa shape index (κ2) is 14.2. The molecule has 9 nitrogen and oxygen atoms in total. The highest BCUT2D eigenvalue weighted by atomic mass is 16.6. The second-order valence-electron chi connectivity index (χ2n) is 12.4. The van der Waals surface area contributed by atoms with Gasteiger partial charge in [0.1, 0.15) is 23.9 Å². The van der Waals surface area contributed by atoms with E-state index < -0.39 is 35.2 Å². The van der Waals surface area contributed by atoms with Crippen molar-refractivity contribution in [3.8, 4) is 0 Å². The first-order valence-corrected chi connectivity index (χ1v) is 13.1. The predicted molar refractivity (Wildman–Crippen MR) is 145 cm³/mol. The average Bonchev–Trinajstić information content (AvgIpc) is 2.75. The molecule has 38 heavy (non-hydrogen) atoms. The molecule has 0 heterocycles. The molecule has 0 aromatic heterocycles. The van der Waals surface area contributed by atoms with Gasteiger partial charge < -0.3 is 24.8 Å². The lowest BCUT2D eigenvalue weighted by molar-refractivity contribution is -0.158. The fourth-order valence-electron chi connectivity index (χ4n) is 3.43. The number of ether oxygens (including phenoxy) is 3. The Hall–Kier alpha value is -3.10.